The number of rotatable bonds is 2. The van der Waals surface area contributed by atoms with Crippen molar-refractivity contribution in [1.29, 1.82) is 0 Å². The van der Waals surface area contributed by atoms with Gasteiger partial charge in [0, 0.05) is 23.1 Å². The van der Waals surface area contributed by atoms with Crippen LogP contribution in [-0.2, 0) is 11.2 Å². The number of aryl methyl sites for hydroxylation is 1. The Morgan fingerprint density at radius 1 is 1.09 bits per heavy atom. The van der Waals surface area contributed by atoms with Gasteiger partial charge in [-0.3, -0.25) is 4.79 Å². The van der Waals surface area contributed by atoms with E-state index < -0.39 is 0 Å². The summed E-state index contributed by atoms with van der Waals surface area (Å²) in [6.45, 7) is 10.1. The average molecular weight is 298 g/mol. The molecule has 0 bridgehead atoms. The highest BCUT2D eigenvalue weighted by Crippen LogP contribution is 2.32. The molecule has 2 aromatic rings. The Kier molecular flexibility index (Phi) is 7.17. The van der Waals surface area contributed by atoms with Crippen LogP contribution in [0.5, 0.6) is 0 Å². The summed E-state index contributed by atoms with van der Waals surface area (Å²) in [7, 11) is 0. The summed E-state index contributed by atoms with van der Waals surface area (Å²) in [6, 6.07) is 9.81. The van der Waals surface area contributed by atoms with Crippen molar-refractivity contribution >= 4 is 23.2 Å². The fourth-order valence-corrected chi connectivity index (χ4v) is 2.18. The number of aromatic amines is 1. The Hall–Kier alpha value is -2.29. The smallest absolute Gasteiger partial charge is 0.256 e. The quantitative estimate of drug-likeness (QED) is 0.742. The fourth-order valence-electron chi connectivity index (χ4n) is 2.18. The molecule has 118 valence electrons. The van der Waals surface area contributed by atoms with Crippen LogP contribution in [0.1, 0.15) is 51.4 Å². The number of hydrogen-bond acceptors (Lipinski definition) is 1. The Labute approximate surface area is 133 Å². The molecule has 2 heterocycles. The molecule has 3 nitrogen and oxygen atoms in total. The summed E-state index contributed by atoms with van der Waals surface area (Å²) in [5, 5.41) is 2.87. The molecule has 22 heavy (non-hydrogen) atoms. The molecule has 0 radical (unpaired) electrons. The van der Waals surface area contributed by atoms with Crippen LogP contribution >= 0.6 is 0 Å². The summed E-state index contributed by atoms with van der Waals surface area (Å²) in [6.07, 6.45) is 4.87. The van der Waals surface area contributed by atoms with E-state index in [1.54, 1.807) is 0 Å². The molecule has 1 aromatic carbocycles. The van der Waals surface area contributed by atoms with Gasteiger partial charge in [-0.25, -0.2) is 0 Å². The van der Waals surface area contributed by atoms with Crippen molar-refractivity contribution in [3.05, 3.63) is 53.3 Å². The maximum Gasteiger partial charge on any atom is 0.256 e. The molecule has 0 atom stereocenters. The molecule has 2 N–H and O–H groups in total. The summed E-state index contributed by atoms with van der Waals surface area (Å²) < 4.78 is 0. The lowest BCUT2D eigenvalue weighted by Crippen LogP contribution is -2.03. The normalized spacial score (nSPS) is 13.5. The zero-order valence-corrected chi connectivity index (χ0v) is 14.2. The van der Waals surface area contributed by atoms with E-state index in [4.69, 9.17) is 0 Å². The second-order valence-electron chi connectivity index (χ2n) is 4.37. The Morgan fingerprint density at radius 2 is 1.77 bits per heavy atom. The van der Waals surface area contributed by atoms with Crippen molar-refractivity contribution in [2.75, 3.05) is 5.32 Å². The summed E-state index contributed by atoms with van der Waals surface area (Å²) in [4.78, 5) is 15.1. The monoisotopic (exact) mass is 298 g/mol. The van der Waals surface area contributed by atoms with Crippen LogP contribution in [-0.4, -0.2) is 10.9 Å². The van der Waals surface area contributed by atoms with Gasteiger partial charge in [0.15, 0.2) is 0 Å². The number of aromatic nitrogens is 1. The lowest BCUT2D eigenvalue weighted by atomic mass is 10.1. The van der Waals surface area contributed by atoms with Crippen LogP contribution in [0.4, 0.5) is 5.69 Å². The maximum absolute atomic E-state index is 11.9. The minimum absolute atomic E-state index is 0.0381. The van der Waals surface area contributed by atoms with E-state index in [2.05, 4.69) is 23.3 Å². The summed E-state index contributed by atoms with van der Waals surface area (Å²) >= 11 is 0. The number of nitrogens with one attached hydrogen (secondary N) is 2. The number of carbonyl (C=O) groups is 1. The van der Waals surface area contributed by atoms with Gasteiger partial charge in [0.1, 0.15) is 0 Å². The zero-order valence-electron chi connectivity index (χ0n) is 14.2. The maximum atomic E-state index is 11.9. The third kappa shape index (κ3) is 3.88. The first-order valence-corrected chi connectivity index (χ1v) is 8.07. The van der Waals surface area contributed by atoms with E-state index in [9.17, 15) is 4.79 Å². The van der Waals surface area contributed by atoms with Gasteiger partial charge in [-0.1, -0.05) is 52.8 Å². The van der Waals surface area contributed by atoms with Crippen molar-refractivity contribution in [3.8, 4) is 0 Å². The van der Waals surface area contributed by atoms with Crippen molar-refractivity contribution in [3.63, 3.8) is 0 Å². The highest BCUT2D eigenvalue weighted by Gasteiger charge is 2.23. The van der Waals surface area contributed by atoms with Gasteiger partial charge < -0.3 is 10.3 Å². The Balaban J connectivity index is 0.000000561. The third-order valence-corrected chi connectivity index (χ3v) is 3.18. The lowest BCUT2D eigenvalue weighted by molar-refractivity contribution is -0.110. The molecular weight excluding hydrogens is 272 g/mol. The van der Waals surface area contributed by atoms with E-state index in [-0.39, 0.29) is 5.91 Å². The summed E-state index contributed by atoms with van der Waals surface area (Å²) in [5.41, 5.74) is 4.78. The van der Waals surface area contributed by atoms with Gasteiger partial charge in [-0.15, -0.1) is 0 Å². The molecule has 1 amide bonds. The first-order valence-electron chi connectivity index (χ1n) is 8.07. The molecule has 0 saturated heterocycles. The highest BCUT2D eigenvalue weighted by molar-refractivity contribution is 6.34. The predicted octanol–water partition coefficient (Wildman–Crippen LogP) is 5.12. The Morgan fingerprint density at radius 3 is 2.41 bits per heavy atom. The number of hydrogen-bond donors (Lipinski definition) is 2. The van der Waals surface area contributed by atoms with Crippen LogP contribution < -0.4 is 5.32 Å². The van der Waals surface area contributed by atoms with Gasteiger partial charge in [0.05, 0.1) is 5.57 Å². The van der Waals surface area contributed by atoms with Gasteiger partial charge in [0.25, 0.3) is 5.91 Å². The van der Waals surface area contributed by atoms with E-state index in [0.29, 0.717) is 0 Å². The molecule has 3 heteroatoms. The second-order valence-corrected chi connectivity index (χ2v) is 4.37. The van der Waals surface area contributed by atoms with Gasteiger partial charge in [-0.05, 0) is 30.2 Å². The average Bonchev–Trinajstić information content (AvgIpc) is 3.16. The zero-order chi connectivity index (χ0) is 16.5. The first-order chi connectivity index (χ1) is 10.8. The molecule has 1 aromatic heterocycles. The molecule has 0 spiro atoms. The number of H-pyrrole nitrogens is 1. The molecule has 3 rings (SSSR count). The van der Waals surface area contributed by atoms with Crippen molar-refractivity contribution < 1.29 is 4.79 Å². The van der Waals surface area contributed by atoms with Crippen molar-refractivity contribution in [2.45, 2.75) is 41.0 Å². The van der Waals surface area contributed by atoms with Crippen LogP contribution in [0.15, 0.2) is 36.5 Å². The molecule has 1 aliphatic heterocycles. The minimum Gasteiger partial charge on any atom is -0.361 e. The molecule has 0 saturated carbocycles. The number of carbonyl (C=O) groups excluding carboxylic acids is 1. The third-order valence-electron chi connectivity index (χ3n) is 3.18. The molecular formula is C19H26N2O. The van der Waals surface area contributed by atoms with Gasteiger partial charge in [-0.2, -0.15) is 0 Å². The SMILES string of the molecule is CC.CC.CCc1c[nH]c(/C=C2\C(=O)Nc3ccccc32)c1. The standard InChI is InChI=1S/C15H14N2O.2C2H6/c1-2-10-7-11(16-9-10)8-13-12-5-3-4-6-14(12)17-15(13)18;2*1-2/h3-9,16H,2H2,1H3,(H,17,18);2*1-2H3/b13-8-;;. The minimum atomic E-state index is -0.0381. The van der Waals surface area contributed by atoms with Crippen LogP contribution in [0.2, 0.25) is 0 Å². The number of amides is 1. The topological polar surface area (TPSA) is 44.9 Å². The van der Waals surface area contributed by atoms with Gasteiger partial charge >= 0.3 is 0 Å². The molecule has 0 fully saturated rings. The lowest BCUT2D eigenvalue weighted by Gasteiger charge is -1.96. The Bertz CT molecular complexity index is 638. The van der Waals surface area contributed by atoms with Crippen LogP contribution in [0, 0.1) is 0 Å². The number of benzene rings is 1. The number of anilines is 1. The van der Waals surface area contributed by atoms with E-state index in [1.165, 1.54) is 5.56 Å². The highest BCUT2D eigenvalue weighted by atomic mass is 16.2. The molecule has 1 aliphatic rings. The van der Waals surface area contributed by atoms with Crippen LogP contribution in [0.25, 0.3) is 11.6 Å². The van der Waals surface area contributed by atoms with E-state index >= 15 is 0 Å². The van der Waals surface area contributed by atoms with E-state index in [0.717, 1.165) is 28.9 Å². The van der Waals surface area contributed by atoms with Crippen LogP contribution in [0.3, 0.4) is 0 Å². The predicted molar refractivity (Wildman–Crippen MR) is 95.8 cm³/mol. The fraction of sp³-hybridized carbons (Fsp3) is 0.316. The summed E-state index contributed by atoms with van der Waals surface area (Å²) in [5.74, 6) is -0.0381. The van der Waals surface area contributed by atoms with Gasteiger partial charge in [0.2, 0.25) is 0 Å². The first kappa shape index (κ1) is 17.8. The van der Waals surface area contributed by atoms with Crippen molar-refractivity contribution in [2.24, 2.45) is 0 Å². The number of para-hydroxylation sites is 1. The molecule has 0 aliphatic carbocycles. The second kappa shape index (κ2) is 8.88. The largest absolute Gasteiger partial charge is 0.361 e. The number of fused-ring (bicyclic) bond motifs is 1. The van der Waals surface area contributed by atoms with Crippen molar-refractivity contribution in [1.82, 2.24) is 4.98 Å². The molecule has 0 unspecified atom stereocenters. The van der Waals surface area contributed by atoms with E-state index in [1.807, 2.05) is 64.2 Å².